The highest BCUT2D eigenvalue weighted by atomic mass is 19.2. The van der Waals surface area contributed by atoms with Crippen LogP contribution < -0.4 is 15.8 Å². The third-order valence-electron chi connectivity index (χ3n) is 4.69. The topological polar surface area (TPSA) is 99.6 Å². The molecular formula is C19H26FN5O3. The molecule has 2 aromatic heterocycles. The van der Waals surface area contributed by atoms with Gasteiger partial charge >= 0.3 is 6.09 Å². The molecule has 8 nitrogen and oxygen atoms in total. The van der Waals surface area contributed by atoms with Crippen LogP contribution in [0.1, 0.15) is 33.6 Å². The molecule has 152 valence electrons. The smallest absolute Gasteiger partial charge is 0.407 e. The lowest BCUT2D eigenvalue weighted by Crippen LogP contribution is -2.51. The Balaban J connectivity index is 1.62. The predicted molar refractivity (Wildman–Crippen MR) is 105 cm³/mol. The van der Waals surface area contributed by atoms with Crippen LogP contribution in [-0.4, -0.2) is 52.0 Å². The van der Waals surface area contributed by atoms with E-state index in [1.807, 2.05) is 4.90 Å². The summed E-state index contributed by atoms with van der Waals surface area (Å²) < 4.78 is 18.2. The van der Waals surface area contributed by atoms with Crippen molar-refractivity contribution in [2.45, 2.75) is 44.8 Å². The van der Waals surface area contributed by atoms with E-state index in [0.717, 1.165) is 0 Å². The molecule has 0 radical (unpaired) electrons. The highest BCUT2D eigenvalue weighted by molar-refractivity contribution is 5.91. The summed E-state index contributed by atoms with van der Waals surface area (Å²) in [5, 5.41) is 14.0. The number of nitrogens with zero attached hydrogens (tertiary/aromatic N) is 3. The number of hydrogen-bond acceptors (Lipinski definition) is 7. The maximum Gasteiger partial charge on any atom is 0.407 e. The molecule has 0 aromatic carbocycles. The van der Waals surface area contributed by atoms with Gasteiger partial charge in [-0.3, -0.25) is 4.98 Å². The minimum atomic E-state index is -1.00. The van der Waals surface area contributed by atoms with E-state index in [2.05, 4.69) is 15.3 Å². The summed E-state index contributed by atoms with van der Waals surface area (Å²) >= 11 is 0. The first-order valence-electron chi connectivity index (χ1n) is 9.25. The van der Waals surface area contributed by atoms with Gasteiger partial charge in [0.15, 0.2) is 0 Å². The summed E-state index contributed by atoms with van der Waals surface area (Å²) in [4.78, 5) is 22.4. The molecule has 0 aliphatic carbocycles. The third-order valence-corrected chi connectivity index (χ3v) is 4.69. The molecule has 3 N–H and O–H groups in total. The predicted octanol–water partition coefficient (Wildman–Crippen LogP) is 2.78. The lowest BCUT2D eigenvalue weighted by molar-refractivity contribution is 0.00792. The highest BCUT2D eigenvalue weighted by Crippen LogP contribution is 2.29. The Kier molecular flexibility index (Phi) is 5.55. The number of piperidine rings is 1. The zero-order valence-electron chi connectivity index (χ0n) is 16.3. The number of aliphatic hydroxyl groups is 1. The SMILES string of the molecule is CC(C)(C)OC(=O)NCC1(O)CCN(c2cc3c(NF)ccnc3cn2)CC1. The number of alkyl carbamates (subject to hydrolysis) is 1. The molecule has 1 fully saturated rings. The van der Waals surface area contributed by atoms with Crippen molar-refractivity contribution in [1.29, 1.82) is 0 Å². The second-order valence-electron chi connectivity index (χ2n) is 8.08. The number of carbonyl (C=O) groups is 1. The number of ether oxygens (including phenoxy) is 1. The summed E-state index contributed by atoms with van der Waals surface area (Å²) in [5.74, 6) is 0.694. The average molecular weight is 391 g/mol. The van der Waals surface area contributed by atoms with E-state index < -0.39 is 17.3 Å². The van der Waals surface area contributed by atoms with Crippen molar-refractivity contribution < 1.29 is 19.1 Å². The number of nitrogens with one attached hydrogen (secondary N) is 2. The Morgan fingerprint density at radius 2 is 2.07 bits per heavy atom. The fraction of sp³-hybridized carbons (Fsp3) is 0.526. The quantitative estimate of drug-likeness (QED) is 0.689. The second kappa shape index (κ2) is 7.75. The van der Waals surface area contributed by atoms with Gasteiger partial charge in [-0.05, 0) is 45.7 Å². The van der Waals surface area contributed by atoms with Gasteiger partial charge < -0.3 is 20.1 Å². The molecule has 0 spiro atoms. The molecule has 0 bridgehead atoms. The second-order valence-corrected chi connectivity index (χ2v) is 8.08. The van der Waals surface area contributed by atoms with Crippen molar-refractivity contribution in [2.24, 2.45) is 0 Å². The summed E-state index contributed by atoms with van der Waals surface area (Å²) in [6.07, 6.45) is 3.51. The number of hydrogen-bond donors (Lipinski definition) is 3. The Hall–Kier alpha value is -2.68. The summed E-state index contributed by atoms with van der Waals surface area (Å²) in [6, 6.07) is 3.34. The molecule has 3 heterocycles. The van der Waals surface area contributed by atoms with Crippen molar-refractivity contribution in [3.63, 3.8) is 0 Å². The van der Waals surface area contributed by atoms with E-state index in [1.54, 1.807) is 44.6 Å². The highest BCUT2D eigenvalue weighted by Gasteiger charge is 2.33. The monoisotopic (exact) mass is 391 g/mol. The van der Waals surface area contributed by atoms with Gasteiger partial charge in [-0.25, -0.2) is 15.3 Å². The van der Waals surface area contributed by atoms with Crippen LogP contribution in [0.4, 0.5) is 20.8 Å². The number of pyridine rings is 2. The summed E-state index contributed by atoms with van der Waals surface area (Å²) in [5.41, 5.74) is 1.03. The summed E-state index contributed by atoms with van der Waals surface area (Å²) in [7, 11) is 0. The van der Waals surface area contributed by atoms with E-state index in [9.17, 15) is 14.4 Å². The van der Waals surface area contributed by atoms with E-state index in [1.165, 1.54) is 6.20 Å². The first-order valence-corrected chi connectivity index (χ1v) is 9.25. The van der Waals surface area contributed by atoms with Gasteiger partial charge in [0, 0.05) is 31.2 Å². The largest absolute Gasteiger partial charge is 0.444 e. The van der Waals surface area contributed by atoms with Crippen molar-refractivity contribution in [3.8, 4) is 0 Å². The number of fused-ring (bicyclic) bond motifs is 1. The molecule has 0 saturated carbocycles. The molecule has 1 aliphatic rings. The summed E-state index contributed by atoms with van der Waals surface area (Å²) in [6.45, 7) is 6.61. The van der Waals surface area contributed by atoms with Crippen LogP contribution in [0, 0.1) is 0 Å². The Labute approximate surface area is 163 Å². The van der Waals surface area contributed by atoms with Gasteiger partial charge in [0.2, 0.25) is 0 Å². The number of amides is 1. The molecule has 1 amide bonds. The third kappa shape index (κ3) is 4.78. The van der Waals surface area contributed by atoms with Gasteiger partial charge in [0.05, 0.1) is 23.0 Å². The molecule has 28 heavy (non-hydrogen) atoms. The maximum atomic E-state index is 13.0. The van der Waals surface area contributed by atoms with Gasteiger partial charge in [-0.1, -0.05) is 0 Å². The van der Waals surface area contributed by atoms with Gasteiger partial charge in [-0.15, -0.1) is 4.48 Å². The lowest BCUT2D eigenvalue weighted by atomic mass is 9.91. The van der Waals surface area contributed by atoms with Crippen molar-refractivity contribution in [1.82, 2.24) is 15.3 Å². The number of aromatic nitrogens is 2. The van der Waals surface area contributed by atoms with Crippen LogP contribution in [0.5, 0.6) is 0 Å². The first kappa shape index (κ1) is 20.1. The van der Waals surface area contributed by atoms with E-state index in [0.29, 0.717) is 48.3 Å². The minimum absolute atomic E-state index is 0.126. The number of carbonyl (C=O) groups excluding carboxylic acids is 1. The average Bonchev–Trinajstić information content (AvgIpc) is 2.65. The minimum Gasteiger partial charge on any atom is -0.444 e. The van der Waals surface area contributed by atoms with Gasteiger partial charge in [-0.2, -0.15) is 0 Å². The van der Waals surface area contributed by atoms with Crippen LogP contribution >= 0.6 is 0 Å². The molecule has 1 saturated heterocycles. The normalized spacial score (nSPS) is 16.7. The van der Waals surface area contributed by atoms with E-state index in [4.69, 9.17) is 4.74 Å². The van der Waals surface area contributed by atoms with Gasteiger partial charge in [0.25, 0.3) is 0 Å². The van der Waals surface area contributed by atoms with Crippen molar-refractivity contribution >= 4 is 28.5 Å². The number of anilines is 2. The molecule has 3 rings (SSSR count). The zero-order valence-corrected chi connectivity index (χ0v) is 16.3. The molecule has 0 atom stereocenters. The number of halogens is 1. The van der Waals surface area contributed by atoms with Crippen molar-refractivity contribution in [2.75, 3.05) is 30.1 Å². The van der Waals surface area contributed by atoms with Crippen LogP contribution in [0.15, 0.2) is 24.5 Å². The fourth-order valence-corrected chi connectivity index (χ4v) is 3.17. The zero-order chi connectivity index (χ0) is 20.4. The Bertz CT molecular complexity index is 847. The Morgan fingerprint density at radius 3 is 2.71 bits per heavy atom. The van der Waals surface area contributed by atoms with E-state index >= 15 is 0 Å². The first-order chi connectivity index (χ1) is 13.2. The van der Waals surface area contributed by atoms with Crippen LogP contribution in [0.3, 0.4) is 0 Å². The Morgan fingerprint density at radius 1 is 1.36 bits per heavy atom. The molecule has 9 heteroatoms. The molecule has 0 unspecified atom stereocenters. The standard InChI is InChI=1S/C19H26FN5O3/c1-18(2,3)28-17(26)23-12-19(27)5-8-25(9-6-19)16-10-13-14(24-20)4-7-21-15(13)11-22-16/h4,7,10-11,27H,5-6,8-9,12H2,1-3H3,(H,21,24)(H,23,26). The van der Waals surface area contributed by atoms with Crippen LogP contribution in [0.25, 0.3) is 10.9 Å². The molecular weight excluding hydrogens is 365 g/mol. The lowest BCUT2D eigenvalue weighted by Gasteiger charge is -2.38. The van der Waals surface area contributed by atoms with Gasteiger partial charge in [0.1, 0.15) is 11.4 Å². The van der Waals surface area contributed by atoms with E-state index in [-0.39, 0.29) is 6.54 Å². The number of rotatable bonds is 4. The van der Waals surface area contributed by atoms with Crippen molar-refractivity contribution in [3.05, 3.63) is 24.5 Å². The van der Waals surface area contributed by atoms with Crippen LogP contribution in [0.2, 0.25) is 0 Å². The molecule has 1 aliphatic heterocycles. The molecule has 2 aromatic rings. The van der Waals surface area contributed by atoms with Crippen LogP contribution in [-0.2, 0) is 4.74 Å². The fourth-order valence-electron chi connectivity index (χ4n) is 3.17. The maximum absolute atomic E-state index is 13.0.